The average molecular weight is 360 g/mol. The Balaban J connectivity index is 0.00000288. The van der Waals surface area contributed by atoms with Crippen molar-refractivity contribution in [1.82, 2.24) is 15.0 Å². The van der Waals surface area contributed by atoms with Gasteiger partial charge in [-0.15, -0.1) is 12.4 Å². The van der Waals surface area contributed by atoms with E-state index in [0.717, 1.165) is 36.7 Å². The van der Waals surface area contributed by atoms with Crippen LogP contribution in [-0.4, -0.2) is 59.6 Å². The van der Waals surface area contributed by atoms with Crippen LogP contribution in [-0.2, 0) is 20.9 Å². The number of amides is 1. The van der Waals surface area contributed by atoms with Crippen molar-refractivity contribution in [2.24, 2.45) is 0 Å². The van der Waals surface area contributed by atoms with Gasteiger partial charge in [-0.05, 0) is 20.8 Å². The Morgan fingerprint density at radius 1 is 1.17 bits per heavy atom. The Bertz CT molecular complexity index is 534. The quantitative estimate of drug-likeness (QED) is 0.719. The molecule has 0 radical (unpaired) electrons. The van der Waals surface area contributed by atoms with E-state index in [4.69, 9.17) is 9.26 Å². The van der Waals surface area contributed by atoms with E-state index in [-0.39, 0.29) is 37.1 Å². The van der Waals surface area contributed by atoms with Crippen molar-refractivity contribution in [2.75, 3.05) is 32.8 Å². The molecule has 1 aromatic heterocycles. The number of aryl methyl sites for hydroxylation is 2. The molecule has 0 aliphatic carbocycles. The molecule has 1 amide bonds. The van der Waals surface area contributed by atoms with Crippen LogP contribution < -0.4 is 0 Å². The second-order valence-electron chi connectivity index (χ2n) is 5.76. The Kier molecular flexibility index (Phi) is 8.21. The fourth-order valence-corrected chi connectivity index (χ4v) is 2.71. The molecule has 8 heteroatoms. The van der Waals surface area contributed by atoms with Crippen molar-refractivity contribution < 1.29 is 18.8 Å². The van der Waals surface area contributed by atoms with Crippen LogP contribution in [0.25, 0.3) is 0 Å². The first-order chi connectivity index (χ1) is 11.0. The third kappa shape index (κ3) is 5.49. The molecular weight excluding hydrogens is 334 g/mol. The number of piperazine rings is 1. The Labute approximate surface area is 148 Å². The summed E-state index contributed by atoms with van der Waals surface area (Å²) in [6.45, 7) is 9.78. The maximum absolute atomic E-state index is 12.1. The van der Waals surface area contributed by atoms with Crippen LogP contribution in [0.5, 0.6) is 0 Å². The third-order valence-corrected chi connectivity index (χ3v) is 4.14. The van der Waals surface area contributed by atoms with Crippen LogP contribution in [0, 0.1) is 13.8 Å². The topological polar surface area (TPSA) is 75.9 Å². The van der Waals surface area contributed by atoms with Crippen molar-refractivity contribution in [2.45, 2.75) is 40.2 Å². The predicted octanol–water partition coefficient (Wildman–Crippen LogP) is 1.70. The van der Waals surface area contributed by atoms with E-state index in [1.54, 1.807) is 6.92 Å². The standard InChI is InChI=1S/C16H25N3O4.ClH/c1-4-22-16(21)6-5-15(20)19-9-7-18(8-10-19)11-14-12(2)17-23-13(14)3;/h4-11H2,1-3H3;1H. The lowest BCUT2D eigenvalue weighted by Gasteiger charge is -2.34. The second-order valence-corrected chi connectivity index (χ2v) is 5.76. The maximum atomic E-state index is 12.1. The fourth-order valence-electron chi connectivity index (χ4n) is 2.71. The van der Waals surface area contributed by atoms with Gasteiger partial charge in [0.1, 0.15) is 5.76 Å². The Morgan fingerprint density at radius 3 is 2.38 bits per heavy atom. The number of halogens is 1. The Hall–Kier alpha value is -1.60. The number of hydrogen-bond acceptors (Lipinski definition) is 6. The minimum absolute atomic E-state index is 0. The molecule has 1 aromatic rings. The molecule has 0 aromatic carbocycles. The lowest BCUT2D eigenvalue weighted by Crippen LogP contribution is -2.48. The van der Waals surface area contributed by atoms with Gasteiger partial charge in [0.15, 0.2) is 0 Å². The van der Waals surface area contributed by atoms with Crippen LogP contribution in [0.2, 0.25) is 0 Å². The van der Waals surface area contributed by atoms with E-state index >= 15 is 0 Å². The second kappa shape index (κ2) is 9.64. The summed E-state index contributed by atoms with van der Waals surface area (Å²) in [7, 11) is 0. The third-order valence-electron chi connectivity index (χ3n) is 4.14. The molecule has 1 saturated heterocycles. The van der Waals surface area contributed by atoms with Crippen molar-refractivity contribution in [3.63, 3.8) is 0 Å². The summed E-state index contributed by atoms with van der Waals surface area (Å²) >= 11 is 0. The minimum Gasteiger partial charge on any atom is -0.466 e. The highest BCUT2D eigenvalue weighted by Crippen LogP contribution is 2.16. The molecule has 7 nitrogen and oxygen atoms in total. The SMILES string of the molecule is CCOC(=O)CCC(=O)N1CCN(Cc2c(C)noc2C)CC1.Cl. The molecule has 1 aliphatic heterocycles. The number of carbonyl (C=O) groups is 2. The van der Waals surface area contributed by atoms with Gasteiger partial charge in [0.2, 0.25) is 5.91 Å². The number of ether oxygens (including phenoxy) is 1. The van der Waals surface area contributed by atoms with Gasteiger partial charge in [-0.1, -0.05) is 5.16 Å². The highest BCUT2D eigenvalue weighted by atomic mass is 35.5. The summed E-state index contributed by atoms with van der Waals surface area (Å²) < 4.78 is 10.0. The number of aromatic nitrogens is 1. The predicted molar refractivity (Wildman–Crippen MR) is 90.9 cm³/mol. The van der Waals surface area contributed by atoms with E-state index in [0.29, 0.717) is 19.7 Å². The number of hydrogen-bond donors (Lipinski definition) is 0. The Morgan fingerprint density at radius 2 is 1.83 bits per heavy atom. The van der Waals surface area contributed by atoms with Gasteiger partial charge in [0, 0.05) is 44.7 Å². The number of rotatable bonds is 6. The largest absolute Gasteiger partial charge is 0.466 e. The van der Waals surface area contributed by atoms with E-state index in [9.17, 15) is 9.59 Å². The summed E-state index contributed by atoms with van der Waals surface area (Å²) in [6, 6.07) is 0. The average Bonchev–Trinajstić information content (AvgIpc) is 2.85. The van der Waals surface area contributed by atoms with Crippen LogP contribution in [0.15, 0.2) is 4.52 Å². The number of nitrogens with zero attached hydrogens (tertiary/aromatic N) is 3. The van der Waals surface area contributed by atoms with Crippen LogP contribution in [0.1, 0.15) is 36.8 Å². The molecule has 136 valence electrons. The lowest BCUT2D eigenvalue weighted by atomic mass is 10.1. The van der Waals surface area contributed by atoms with Crippen LogP contribution >= 0.6 is 12.4 Å². The van der Waals surface area contributed by atoms with Crippen molar-refractivity contribution in [3.05, 3.63) is 17.0 Å². The molecule has 0 N–H and O–H groups in total. The molecule has 1 fully saturated rings. The van der Waals surface area contributed by atoms with Crippen molar-refractivity contribution in [3.8, 4) is 0 Å². The summed E-state index contributed by atoms with van der Waals surface area (Å²) in [4.78, 5) is 27.5. The van der Waals surface area contributed by atoms with Gasteiger partial charge < -0.3 is 14.2 Å². The highest BCUT2D eigenvalue weighted by Gasteiger charge is 2.23. The molecule has 0 saturated carbocycles. The van der Waals surface area contributed by atoms with Gasteiger partial charge >= 0.3 is 5.97 Å². The first-order valence-corrected chi connectivity index (χ1v) is 8.08. The van der Waals surface area contributed by atoms with Crippen LogP contribution in [0.4, 0.5) is 0 Å². The van der Waals surface area contributed by atoms with E-state index in [1.807, 2.05) is 18.7 Å². The normalized spacial score (nSPS) is 15.0. The number of carbonyl (C=O) groups excluding carboxylic acids is 2. The summed E-state index contributed by atoms with van der Waals surface area (Å²) in [5, 5.41) is 3.97. The van der Waals surface area contributed by atoms with Gasteiger partial charge in [0.05, 0.1) is 18.7 Å². The monoisotopic (exact) mass is 359 g/mol. The molecular formula is C16H26ClN3O4. The van der Waals surface area contributed by atoms with Gasteiger partial charge in [-0.3, -0.25) is 14.5 Å². The molecule has 2 rings (SSSR count). The van der Waals surface area contributed by atoms with Crippen molar-refractivity contribution in [1.29, 1.82) is 0 Å². The molecule has 0 atom stereocenters. The first-order valence-electron chi connectivity index (χ1n) is 8.08. The molecule has 1 aliphatic rings. The molecule has 2 heterocycles. The first kappa shape index (κ1) is 20.4. The van der Waals surface area contributed by atoms with Gasteiger partial charge in [-0.2, -0.15) is 0 Å². The molecule has 0 spiro atoms. The zero-order valence-corrected chi connectivity index (χ0v) is 15.4. The summed E-state index contributed by atoms with van der Waals surface area (Å²) in [6.07, 6.45) is 0.384. The van der Waals surface area contributed by atoms with E-state index in [2.05, 4.69) is 10.1 Å². The maximum Gasteiger partial charge on any atom is 0.306 e. The van der Waals surface area contributed by atoms with Crippen molar-refractivity contribution >= 4 is 24.3 Å². The fraction of sp³-hybridized carbons (Fsp3) is 0.688. The molecule has 0 bridgehead atoms. The minimum atomic E-state index is -0.308. The summed E-state index contributed by atoms with van der Waals surface area (Å²) in [5.74, 6) is 0.573. The van der Waals surface area contributed by atoms with E-state index < -0.39 is 0 Å². The van der Waals surface area contributed by atoms with E-state index in [1.165, 1.54) is 0 Å². The lowest BCUT2D eigenvalue weighted by molar-refractivity contribution is -0.146. The highest BCUT2D eigenvalue weighted by molar-refractivity contribution is 5.85. The van der Waals surface area contributed by atoms with Gasteiger partial charge in [0.25, 0.3) is 0 Å². The molecule has 0 unspecified atom stereocenters. The zero-order valence-electron chi connectivity index (χ0n) is 14.5. The van der Waals surface area contributed by atoms with Crippen LogP contribution in [0.3, 0.4) is 0 Å². The smallest absolute Gasteiger partial charge is 0.306 e. The molecule has 24 heavy (non-hydrogen) atoms. The zero-order chi connectivity index (χ0) is 16.8. The number of esters is 1. The van der Waals surface area contributed by atoms with Gasteiger partial charge in [-0.25, -0.2) is 0 Å². The summed E-state index contributed by atoms with van der Waals surface area (Å²) in [5.41, 5.74) is 2.06.